The molecular weight excluding hydrogens is 438 g/mol. The lowest BCUT2D eigenvalue weighted by Gasteiger charge is -2.36. The number of carbonyl (C=O) groups is 2. The fraction of sp³-hybridized carbons (Fsp3) is 0.321. The van der Waals surface area contributed by atoms with Gasteiger partial charge in [-0.25, -0.2) is 0 Å². The van der Waals surface area contributed by atoms with Crippen molar-refractivity contribution < 1.29 is 9.59 Å². The van der Waals surface area contributed by atoms with E-state index in [1.807, 2.05) is 30.3 Å². The summed E-state index contributed by atoms with van der Waals surface area (Å²) in [6.07, 6.45) is 1.96. The molecule has 7 heteroatoms. The van der Waals surface area contributed by atoms with E-state index in [2.05, 4.69) is 62.6 Å². The van der Waals surface area contributed by atoms with Gasteiger partial charge in [-0.15, -0.1) is 0 Å². The third kappa shape index (κ3) is 5.87. The van der Waals surface area contributed by atoms with Gasteiger partial charge >= 0.3 is 0 Å². The highest BCUT2D eigenvalue weighted by atomic mass is 16.2. The number of anilines is 2. The molecule has 0 saturated carbocycles. The Balaban J connectivity index is 1.10. The molecular formula is C28H31N5O2. The Hall–Kier alpha value is -3.71. The summed E-state index contributed by atoms with van der Waals surface area (Å²) in [4.78, 5) is 36.1. The van der Waals surface area contributed by atoms with Crippen LogP contribution in [-0.4, -0.2) is 59.3 Å². The number of pyridine rings is 1. The van der Waals surface area contributed by atoms with Crippen molar-refractivity contribution in [2.45, 2.75) is 19.5 Å². The van der Waals surface area contributed by atoms with Gasteiger partial charge in [0.15, 0.2) is 0 Å². The quantitative estimate of drug-likeness (QED) is 0.575. The number of nitrogens with one attached hydrogen (secondary N) is 1. The average molecular weight is 470 g/mol. The van der Waals surface area contributed by atoms with E-state index in [0.717, 1.165) is 44.1 Å². The molecule has 1 atom stereocenters. The van der Waals surface area contributed by atoms with Crippen molar-refractivity contribution in [3.8, 4) is 0 Å². The number of nitrogens with zero attached hydrogens (tertiary/aromatic N) is 4. The van der Waals surface area contributed by atoms with Crippen molar-refractivity contribution in [2.75, 3.05) is 42.9 Å². The molecule has 0 spiro atoms. The van der Waals surface area contributed by atoms with Gasteiger partial charge in [-0.3, -0.25) is 19.5 Å². The predicted molar refractivity (Wildman–Crippen MR) is 137 cm³/mol. The van der Waals surface area contributed by atoms with Gasteiger partial charge in [0.25, 0.3) is 0 Å². The number of carbonyl (C=O) groups excluding carboxylic acids is 2. The van der Waals surface area contributed by atoms with Gasteiger partial charge in [0.05, 0.1) is 18.2 Å². The first-order valence-electron chi connectivity index (χ1n) is 12.2. The zero-order valence-corrected chi connectivity index (χ0v) is 19.8. The topological polar surface area (TPSA) is 68.8 Å². The summed E-state index contributed by atoms with van der Waals surface area (Å²) in [5.74, 6) is -0.453. The lowest BCUT2D eigenvalue weighted by molar-refractivity contribution is -0.128. The summed E-state index contributed by atoms with van der Waals surface area (Å²) in [6.45, 7) is 5.87. The first-order chi connectivity index (χ1) is 17.1. The van der Waals surface area contributed by atoms with Gasteiger partial charge in [-0.2, -0.15) is 0 Å². The van der Waals surface area contributed by atoms with Crippen LogP contribution in [0.4, 0.5) is 11.4 Å². The molecule has 2 aromatic carbocycles. The standard InChI is InChI=1S/C28H31N5O2/c34-27-18-23(20-33(27)21-25-8-4-5-13-29-25)28(35)30-24-9-11-26(12-10-24)32-16-14-31(15-17-32)19-22-6-2-1-3-7-22/h1-13,23H,14-21H2,(H,30,35). The number of piperazine rings is 1. The highest BCUT2D eigenvalue weighted by Crippen LogP contribution is 2.24. The SMILES string of the molecule is O=C(Nc1ccc(N2CCN(Cc3ccccc3)CC2)cc1)C1CC(=O)N(Cc2ccccn2)C1. The van der Waals surface area contributed by atoms with Gasteiger partial charge < -0.3 is 15.1 Å². The molecule has 0 bridgehead atoms. The Kier molecular flexibility index (Phi) is 7.04. The van der Waals surface area contributed by atoms with Crippen LogP contribution in [0.3, 0.4) is 0 Å². The molecule has 180 valence electrons. The summed E-state index contributed by atoms with van der Waals surface area (Å²) in [5, 5.41) is 2.99. The number of likely N-dealkylation sites (tertiary alicyclic amines) is 1. The van der Waals surface area contributed by atoms with E-state index in [4.69, 9.17) is 0 Å². The molecule has 3 aromatic rings. The summed E-state index contributed by atoms with van der Waals surface area (Å²) in [7, 11) is 0. The number of aromatic nitrogens is 1. The van der Waals surface area contributed by atoms with Crippen LogP contribution in [0, 0.1) is 5.92 Å². The van der Waals surface area contributed by atoms with Crippen molar-refractivity contribution in [3.05, 3.63) is 90.3 Å². The smallest absolute Gasteiger partial charge is 0.229 e. The lowest BCUT2D eigenvalue weighted by Crippen LogP contribution is -2.45. The zero-order valence-electron chi connectivity index (χ0n) is 19.8. The molecule has 3 heterocycles. The van der Waals surface area contributed by atoms with E-state index in [0.29, 0.717) is 13.1 Å². The van der Waals surface area contributed by atoms with Crippen LogP contribution in [0.5, 0.6) is 0 Å². The number of amides is 2. The fourth-order valence-corrected chi connectivity index (χ4v) is 4.79. The summed E-state index contributed by atoms with van der Waals surface area (Å²) >= 11 is 0. The molecule has 7 nitrogen and oxygen atoms in total. The maximum absolute atomic E-state index is 12.8. The van der Waals surface area contributed by atoms with E-state index in [1.54, 1.807) is 11.1 Å². The second kappa shape index (κ2) is 10.7. The fourth-order valence-electron chi connectivity index (χ4n) is 4.79. The highest BCUT2D eigenvalue weighted by molar-refractivity contribution is 5.97. The molecule has 35 heavy (non-hydrogen) atoms. The third-order valence-electron chi connectivity index (χ3n) is 6.79. The molecule has 1 aromatic heterocycles. The molecule has 2 amide bonds. The normalized spacial score (nSPS) is 18.6. The molecule has 0 aliphatic carbocycles. The van der Waals surface area contributed by atoms with Crippen LogP contribution in [0.15, 0.2) is 79.0 Å². The molecule has 2 aliphatic heterocycles. The lowest BCUT2D eigenvalue weighted by atomic mass is 10.1. The van der Waals surface area contributed by atoms with Crippen molar-refractivity contribution in [3.63, 3.8) is 0 Å². The van der Waals surface area contributed by atoms with E-state index in [1.165, 1.54) is 11.3 Å². The van der Waals surface area contributed by atoms with E-state index >= 15 is 0 Å². The molecule has 2 saturated heterocycles. The third-order valence-corrected chi connectivity index (χ3v) is 6.79. The van der Waals surface area contributed by atoms with Crippen molar-refractivity contribution in [2.24, 2.45) is 5.92 Å². The van der Waals surface area contributed by atoms with Crippen LogP contribution in [-0.2, 0) is 22.7 Å². The van der Waals surface area contributed by atoms with Gasteiger partial charge in [0, 0.05) is 63.3 Å². The summed E-state index contributed by atoms with van der Waals surface area (Å²) < 4.78 is 0. The van der Waals surface area contributed by atoms with Crippen LogP contribution >= 0.6 is 0 Å². The molecule has 1 unspecified atom stereocenters. The second-order valence-electron chi connectivity index (χ2n) is 9.28. The summed E-state index contributed by atoms with van der Waals surface area (Å²) in [5.41, 5.74) is 4.11. The molecule has 1 N–H and O–H groups in total. The molecule has 0 radical (unpaired) electrons. The van der Waals surface area contributed by atoms with Gasteiger partial charge in [0.2, 0.25) is 11.8 Å². The number of rotatable bonds is 7. The van der Waals surface area contributed by atoms with Crippen molar-refractivity contribution in [1.29, 1.82) is 0 Å². The Morgan fingerprint density at radius 3 is 2.34 bits per heavy atom. The molecule has 5 rings (SSSR count). The molecule has 2 aliphatic rings. The maximum atomic E-state index is 12.8. The number of hydrogen-bond donors (Lipinski definition) is 1. The highest BCUT2D eigenvalue weighted by Gasteiger charge is 2.34. The van der Waals surface area contributed by atoms with Gasteiger partial charge in [-0.05, 0) is 42.0 Å². The van der Waals surface area contributed by atoms with Gasteiger partial charge in [0.1, 0.15) is 0 Å². The van der Waals surface area contributed by atoms with Crippen LogP contribution in [0.25, 0.3) is 0 Å². The predicted octanol–water partition coefficient (Wildman–Crippen LogP) is 3.39. The number of benzene rings is 2. The van der Waals surface area contributed by atoms with Crippen molar-refractivity contribution >= 4 is 23.2 Å². The minimum Gasteiger partial charge on any atom is -0.369 e. The van der Waals surface area contributed by atoms with E-state index < -0.39 is 0 Å². The Labute approximate surface area is 206 Å². The Morgan fingerprint density at radius 2 is 1.63 bits per heavy atom. The van der Waals surface area contributed by atoms with Gasteiger partial charge in [-0.1, -0.05) is 36.4 Å². The largest absolute Gasteiger partial charge is 0.369 e. The molecule has 2 fully saturated rings. The van der Waals surface area contributed by atoms with Crippen molar-refractivity contribution in [1.82, 2.24) is 14.8 Å². The van der Waals surface area contributed by atoms with Crippen LogP contribution in [0.2, 0.25) is 0 Å². The van der Waals surface area contributed by atoms with Crippen LogP contribution < -0.4 is 10.2 Å². The first kappa shape index (κ1) is 23.1. The van der Waals surface area contributed by atoms with E-state index in [9.17, 15) is 9.59 Å². The maximum Gasteiger partial charge on any atom is 0.229 e. The Bertz CT molecular complexity index is 1130. The zero-order chi connectivity index (χ0) is 24.0. The first-order valence-corrected chi connectivity index (χ1v) is 12.2. The average Bonchev–Trinajstić information content (AvgIpc) is 3.26. The monoisotopic (exact) mass is 469 g/mol. The second-order valence-corrected chi connectivity index (χ2v) is 9.28. The number of hydrogen-bond acceptors (Lipinski definition) is 5. The van der Waals surface area contributed by atoms with Crippen LogP contribution in [0.1, 0.15) is 17.7 Å². The Morgan fingerprint density at radius 1 is 0.886 bits per heavy atom. The van der Waals surface area contributed by atoms with E-state index in [-0.39, 0.29) is 24.2 Å². The minimum absolute atomic E-state index is 0.00226. The summed E-state index contributed by atoms with van der Waals surface area (Å²) in [6, 6.07) is 24.3. The minimum atomic E-state index is -0.344.